The normalized spacial score (nSPS) is 24.1. The lowest BCUT2D eigenvalue weighted by Gasteiger charge is -2.40. The fourth-order valence-electron chi connectivity index (χ4n) is 3.60. The van der Waals surface area contributed by atoms with Gasteiger partial charge < -0.3 is 20.1 Å². The number of aromatic hydroxyl groups is 1. The summed E-state index contributed by atoms with van der Waals surface area (Å²) in [6, 6.07) is 0. The molecule has 0 unspecified atom stereocenters. The summed E-state index contributed by atoms with van der Waals surface area (Å²) >= 11 is 0. The second kappa shape index (κ2) is 5.71. The molecule has 5 heteroatoms. The zero-order valence-electron chi connectivity index (χ0n) is 14.5. The average molecular weight is 318 g/mol. The van der Waals surface area contributed by atoms with E-state index in [1.54, 1.807) is 0 Å². The van der Waals surface area contributed by atoms with Crippen molar-refractivity contribution in [1.29, 1.82) is 0 Å². The summed E-state index contributed by atoms with van der Waals surface area (Å²) in [6.07, 6.45) is 1.40. The number of rotatable bonds is 1. The molecule has 23 heavy (non-hydrogen) atoms. The summed E-state index contributed by atoms with van der Waals surface area (Å²) < 4.78 is 6.26. The van der Waals surface area contributed by atoms with Crippen molar-refractivity contribution in [3.8, 4) is 11.5 Å². The molecule has 3 rings (SSSR count). The Kier molecular flexibility index (Phi) is 4.00. The molecule has 1 fully saturated rings. The largest absolute Gasteiger partial charge is 0.507 e. The van der Waals surface area contributed by atoms with Crippen molar-refractivity contribution < 1.29 is 14.6 Å². The smallest absolute Gasteiger partial charge is 0.266 e. The maximum atomic E-state index is 13.0. The quantitative estimate of drug-likeness (QED) is 0.829. The van der Waals surface area contributed by atoms with Crippen molar-refractivity contribution >= 4 is 5.91 Å². The highest BCUT2D eigenvalue weighted by Crippen LogP contribution is 2.43. The number of benzene rings is 1. The fraction of sp³-hybridized carbons (Fsp3) is 0.611. The van der Waals surface area contributed by atoms with Crippen LogP contribution >= 0.6 is 0 Å². The molecule has 2 aliphatic rings. The number of nitrogens with zero attached hydrogens (tertiary/aromatic N) is 1. The molecule has 2 aliphatic heterocycles. The first-order chi connectivity index (χ1) is 10.8. The molecule has 1 atom stereocenters. The molecule has 0 saturated carbocycles. The molecule has 0 radical (unpaired) electrons. The van der Waals surface area contributed by atoms with Gasteiger partial charge in [0.05, 0.1) is 0 Å². The first kappa shape index (κ1) is 16.1. The molecule has 1 saturated heterocycles. The van der Waals surface area contributed by atoms with E-state index in [1.807, 2.05) is 32.6 Å². The van der Waals surface area contributed by atoms with Gasteiger partial charge in [0.25, 0.3) is 5.91 Å². The van der Waals surface area contributed by atoms with Crippen molar-refractivity contribution in [3.63, 3.8) is 0 Å². The summed E-state index contributed by atoms with van der Waals surface area (Å²) in [4.78, 5) is 14.9. The third-order valence-electron chi connectivity index (χ3n) is 5.38. The highest BCUT2D eigenvalue weighted by atomic mass is 16.5. The number of hydrogen-bond donors (Lipinski definition) is 2. The maximum Gasteiger partial charge on any atom is 0.266 e. The molecular weight excluding hydrogens is 292 g/mol. The summed E-state index contributed by atoms with van der Waals surface area (Å²) in [7, 11) is 0. The molecule has 1 aromatic rings. The van der Waals surface area contributed by atoms with Crippen LogP contribution in [0.2, 0.25) is 0 Å². The van der Waals surface area contributed by atoms with E-state index in [-0.39, 0.29) is 5.91 Å². The van der Waals surface area contributed by atoms with Gasteiger partial charge >= 0.3 is 0 Å². The van der Waals surface area contributed by atoms with Crippen molar-refractivity contribution in [2.45, 2.75) is 46.1 Å². The Morgan fingerprint density at radius 3 is 2.48 bits per heavy atom. The molecular formula is C18H26N2O3. The van der Waals surface area contributed by atoms with Crippen LogP contribution in [0, 0.1) is 20.8 Å². The lowest BCUT2D eigenvalue weighted by atomic mass is 9.86. The molecule has 2 N–H and O–H groups in total. The van der Waals surface area contributed by atoms with Gasteiger partial charge in [-0.2, -0.15) is 0 Å². The summed E-state index contributed by atoms with van der Waals surface area (Å²) in [6.45, 7) is 10.8. The SMILES string of the molecule is Cc1c(C)c2c(c(C)c1O)CC[C@@](C)(C(=O)N1CCNCC1)O2. The minimum atomic E-state index is -0.815. The zero-order valence-corrected chi connectivity index (χ0v) is 14.5. The Hall–Kier alpha value is -1.75. The van der Waals surface area contributed by atoms with Gasteiger partial charge in [0.1, 0.15) is 11.5 Å². The number of carbonyl (C=O) groups excluding carboxylic acids is 1. The molecule has 1 aromatic carbocycles. The van der Waals surface area contributed by atoms with Crippen LogP contribution in [0.3, 0.4) is 0 Å². The Bertz CT molecular complexity index is 650. The molecule has 0 aromatic heterocycles. The van der Waals surface area contributed by atoms with Gasteiger partial charge in [-0.15, -0.1) is 0 Å². The molecule has 1 amide bonds. The van der Waals surface area contributed by atoms with E-state index in [0.29, 0.717) is 12.2 Å². The number of phenolic OH excluding ortho intramolecular Hbond substituents is 1. The van der Waals surface area contributed by atoms with Crippen LogP contribution in [-0.2, 0) is 11.2 Å². The summed E-state index contributed by atoms with van der Waals surface area (Å²) in [5, 5.41) is 13.5. The van der Waals surface area contributed by atoms with Crippen LogP contribution in [0.25, 0.3) is 0 Å². The van der Waals surface area contributed by atoms with Crippen LogP contribution in [0.15, 0.2) is 0 Å². The van der Waals surface area contributed by atoms with Crippen LogP contribution in [0.4, 0.5) is 0 Å². The molecule has 5 nitrogen and oxygen atoms in total. The first-order valence-electron chi connectivity index (χ1n) is 8.36. The number of hydrogen-bond acceptors (Lipinski definition) is 4. The molecule has 2 heterocycles. The van der Waals surface area contributed by atoms with Crippen LogP contribution in [-0.4, -0.2) is 47.7 Å². The van der Waals surface area contributed by atoms with Crippen LogP contribution < -0.4 is 10.1 Å². The second-order valence-corrected chi connectivity index (χ2v) is 6.91. The van der Waals surface area contributed by atoms with Crippen molar-refractivity contribution in [1.82, 2.24) is 10.2 Å². The Morgan fingerprint density at radius 2 is 1.83 bits per heavy atom. The van der Waals surface area contributed by atoms with Gasteiger partial charge in [-0.25, -0.2) is 0 Å². The average Bonchev–Trinajstić information content (AvgIpc) is 2.58. The predicted octanol–water partition coefficient (Wildman–Crippen LogP) is 1.83. The third-order valence-corrected chi connectivity index (χ3v) is 5.38. The minimum absolute atomic E-state index is 0.0763. The summed E-state index contributed by atoms with van der Waals surface area (Å²) in [5.74, 6) is 1.21. The monoisotopic (exact) mass is 318 g/mol. The molecule has 126 valence electrons. The number of piperazine rings is 1. The summed E-state index contributed by atoms with van der Waals surface area (Å²) in [5.41, 5.74) is 2.86. The Labute approximate surface area is 137 Å². The number of fused-ring (bicyclic) bond motifs is 1. The number of nitrogens with one attached hydrogen (secondary N) is 1. The van der Waals surface area contributed by atoms with Gasteiger partial charge in [-0.3, -0.25) is 4.79 Å². The molecule has 0 bridgehead atoms. The van der Waals surface area contributed by atoms with Gasteiger partial charge in [-0.05, 0) is 50.8 Å². The van der Waals surface area contributed by atoms with Gasteiger partial charge in [-0.1, -0.05) is 0 Å². The van der Waals surface area contributed by atoms with Crippen LogP contribution in [0.5, 0.6) is 11.5 Å². The highest BCUT2D eigenvalue weighted by Gasteiger charge is 2.43. The van der Waals surface area contributed by atoms with E-state index in [1.165, 1.54) is 0 Å². The Morgan fingerprint density at radius 1 is 1.17 bits per heavy atom. The zero-order chi connectivity index (χ0) is 16.8. The topological polar surface area (TPSA) is 61.8 Å². The van der Waals surface area contributed by atoms with E-state index in [0.717, 1.165) is 60.6 Å². The fourth-order valence-corrected chi connectivity index (χ4v) is 3.60. The lowest BCUT2D eigenvalue weighted by Crippen LogP contribution is -2.57. The number of ether oxygens (including phenoxy) is 1. The predicted molar refractivity (Wildman–Crippen MR) is 89.1 cm³/mol. The first-order valence-corrected chi connectivity index (χ1v) is 8.36. The number of carbonyl (C=O) groups is 1. The van der Waals surface area contributed by atoms with E-state index in [2.05, 4.69) is 5.32 Å². The minimum Gasteiger partial charge on any atom is -0.507 e. The number of phenols is 1. The third kappa shape index (κ3) is 2.57. The van der Waals surface area contributed by atoms with Gasteiger partial charge in [0, 0.05) is 38.2 Å². The standard InChI is InChI=1S/C18H26N2O3/c1-11-12(2)16-14(13(3)15(11)21)5-6-18(4,23-16)17(22)20-9-7-19-8-10-20/h19,21H,5-10H2,1-4H3/t18-/m0/s1. The number of amides is 1. The molecule has 0 aliphatic carbocycles. The van der Waals surface area contributed by atoms with Crippen molar-refractivity contribution in [2.75, 3.05) is 26.2 Å². The second-order valence-electron chi connectivity index (χ2n) is 6.91. The van der Waals surface area contributed by atoms with Crippen molar-refractivity contribution in [3.05, 3.63) is 22.3 Å². The van der Waals surface area contributed by atoms with E-state index in [4.69, 9.17) is 4.74 Å². The molecule has 0 spiro atoms. The van der Waals surface area contributed by atoms with Crippen molar-refractivity contribution in [2.24, 2.45) is 0 Å². The lowest BCUT2D eigenvalue weighted by molar-refractivity contribution is -0.148. The maximum absolute atomic E-state index is 13.0. The van der Waals surface area contributed by atoms with E-state index >= 15 is 0 Å². The van der Waals surface area contributed by atoms with Gasteiger partial charge in [0.2, 0.25) is 0 Å². The van der Waals surface area contributed by atoms with Crippen LogP contribution in [0.1, 0.15) is 35.6 Å². The van der Waals surface area contributed by atoms with E-state index < -0.39 is 5.60 Å². The Balaban J connectivity index is 1.94. The van der Waals surface area contributed by atoms with Gasteiger partial charge in [0.15, 0.2) is 5.60 Å². The highest BCUT2D eigenvalue weighted by molar-refractivity contribution is 5.86. The van der Waals surface area contributed by atoms with E-state index in [9.17, 15) is 9.90 Å².